The highest BCUT2D eigenvalue weighted by Crippen LogP contribution is 2.22. The predicted octanol–water partition coefficient (Wildman–Crippen LogP) is -0.943. The summed E-state index contributed by atoms with van der Waals surface area (Å²) in [5, 5.41) is 8.96. The first-order chi connectivity index (χ1) is 8.01. The second kappa shape index (κ2) is 5.73. The molecule has 8 heteroatoms. The second-order valence-corrected chi connectivity index (χ2v) is 3.86. The van der Waals surface area contributed by atoms with E-state index in [1.165, 1.54) is 6.08 Å². The summed E-state index contributed by atoms with van der Waals surface area (Å²) >= 11 is -2.62. The van der Waals surface area contributed by atoms with E-state index in [0.717, 1.165) is 0 Å². The Morgan fingerprint density at radius 2 is 2.29 bits per heavy atom. The standard InChI is InChI=1S/C9H13N3O4S/c1-2-5-3-4-6(9(13)14)8(7(5)11-10)12-17(15)16/h2-4,7,11-12H,10H2,1H3,(H,13,14)(H,15,16)/p-1. The molecule has 1 aliphatic rings. The Morgan fingerprint density at radius 3 is 2.71 bits per heavy atom. The van der Waals surface area contributed by atoms with Crippen molar-refractivity contribution in [1.82, 2.24) is 10.1 Å². The molecule has 2 atom stereocenters. The SMILES string of the molecule is CC=C1C=CC(C(=O)O)=C(NS(=O)[O-])C1NN. The van der Waals surface area contributed by atoms with Gasteiger partial charge >= 0.3 is 5.97 Å². The van der Waals surface area contributed by atoms with Crippen LogP contribution in [0, 0.1) is 0 Å². The van der Waals surface area contributed by atoms with Crippen LogP contribution in [0.3, 0.4) is 0 Å². The van der Waals surface area contributed by atoms with Crippen molar-refractivity contribution in [1.29, 1.82) is 0 Å². The number of carboxylic acid groups (broad SMARTS) is 1. The van der Waals surface area contributed by atoms with Gasteiger partial charge < -0.3 is 14.4 Å². The van der Waals surface area contributed by atoms with E-state index < -0.39 is 23.3 Å². The normalized spacial score (nSPS) is 23.9. The van der Waals surface area contributed by atoms with Crippen LogP contribution < -0.4 is 16.0 Å². The molecule has 0 fully saturated rings. The van der Waals surface area contributed by atoms with Gasteiger partial charge in [0, 0.05) is 11.3 Å². The summed E-state index contributed by atoms with van der Waals surface area (Å²) in [6.07, 6.45) is 4.59. The van der Waals surface area contributed by atoms with E-state index in [4.69, 9.17) is 10.9 Å². The molecule has 0 spiro atoms. The predicted molar refractivity (Wildman–Crippen MR) is 60.7 cm³/mol. The molecular formula is C9H12N3O4S-. The first-order valence-electron chi connectivity index (χ1n) is 4.65. The van der Waals surface area contributed by atoms with Crippen LogP contribution in [0.25, 0.3) is 0 Å². The minimum atomic E-state index is -2.62. The molecular weight excluding hydrogens is 246 g/mol. The van der Waals surface area contributed by atoms with Gasteiger partial charge in [-0.3, -0.25) is 10.1 Å². The van der Waals surface area contributed by atoms with Crippen molar-refractivity contribution in [3.63, 3.8) is 0 Å². The van der Waals surface area contributed by atoms with Gasteiger partial charge in [-0.1, -0.05) is 12.2 Å². The molecule has 0 saturated carbocycles. The third kappa shape index (κ3) is 3.01. The van der Waals surface area contributed by atoms with Crippen LogP contribution in [-0.4, -0.2) is 25.9 Å². The number of allylic oxidation sites excluding steroid dienone is 1. The lowest BCUT2D eigenvalue weighted by atomic mass is 9.94. The number of hydrazine groups is 1. The molecule has 0 aromatic carbocycles. The third-order valence-electron chi connectivity index (χ3n) is 2.28. The van der Waals surface area contributed by atoms with E-state index in [-0.39, 0.29) is 11.3 Å². The lowest BCUT2D eigenvalue weighted by molar-refractivity contribution is -0.132. The minimum absolute atomic E-state index is 0.0102. The van der Waals surface area contributed by atoms with Gasteiger partial charge in [-0.25, -0.2) is 10.2 Å². The highest BCUT2D eigenvalue weighted by molar-refractivity contribution is 7.77. The third-order valence-corrected chi connectivity index (χ3v) is 2.66. The van der Waals surface area contributed by atoms with E-state index in [2.05, 4.69) is 10.1 Å². The number of carbonyl (C=O) groups is 1. The number of aliphatic carboxylic acids is 1. The number of hydrogen-bond donors (Lipinski definition) is 4. The number of hydrogen-bond acceptors (Lipinski definition) is 5. The van der Waals surface area contributed by atoms with E-state index >= 15 is 0 Å². The minimum Gasteiger partial charge on any atom is -0.755 e. The van der Waals surface area contributed by atoms with Crippen LogP contribution in [0.4, 0.5) is 0 Å². The van der Waals surface area contributed by atoms with Crippen molar-refractivity contribution in [2.45, 2.75) is 13.0 Å². The maximum Gasteiger partial charge on any atom is 0.337 e. The molecule has 0 aromatic rings. The fourth-order valence-electron chi connectivity index (χ4n) is 1.52. The fourth-order valence-corrected chi connectivity index (χ4v) is 1.93. The zero-order valence-electron chi connectivity index (χ0n) is 8.97. The van der Waals surface area contributed by atoms with Crippen LogP contribution in [0.2, 0.25) is 0 Å². The van der Waals surface area contributed by atoms with Crippen molar-refractivity contribution >= 4 is 17.2 Å². The highest BCUT2D eigenvalue weighted by atomic mass is 32.2. The first-order valence-corrected chi connectivity index (χ1v) is 5.72. The van der Waals surface area contributed by atoms with Crippen molar-refractivity contribution in [2.75, 3.05) is 0 Å². The summed E-state index contributed by atoms with van der Waals surface area (Å²) < 4.78 is 23.3. The Bertz CT molecular complexity index is 442. The van der Waals surface area contributed by atoms with Crippen molar-refractivity contribution in [3.05, 3.63) is 35.1 Å². The summed E-state index contributed by atoms with van der Waals surface area (Å²) in [5.41, 5.74) is 2.88. The summed E-state index contributed by atoms with van der Waals surface area (Å²) in [6, 6.07) is -0.700. The molecule has 0 heterocycles. The highest BCUT2D eigenvalue weighted by Gasteiger charge is 2.25. The molecule has 0 aromatic heterocycles. The topological polar surface area (TPSA) is 128 Å². The van der Waals surface area contributed by atoms with Crippen LogP contribution in [0.5, 0.6) is 0 Å². The van der Waals surface area contributed by atoms with Gasteiger partial charge in [0.15, 0.2) is 0 Å². The van der Waals surface area contributed by atoms with Crippen LogP contribution >= 0.6 is 0 Å². The van der Waals surface area contributed by atoms with Gasteiger partial charge in [0.05, 0.1) is 17.3 Å². The average Bonchev–Trinajstić information content (AvgIpc) is 2.27. The van der Waals surface area contributed by atoms with E-state index in [0.29, 0.717) is 5.57 Å². The Labute approximate surface area is 100 Å². The summed E-state index contributed by atoms with van der Waals surface area (Å²) in [5.74, 6) is 4.07. The van der Waals surface area contributed by atoms with E-state index in [1.54, 1.807) is 19.1 Å². The molecule has 0 aliphatic heterocycles. The smallest absolute Gasteiger partial charge is 0.337 e. The van der Waals surface area contributed by atoms with Crippen molar-refractivity contribution in [2.24, 2.45) is 5.84 Å². The van der Waals surface area contributed by atoms with E-state index in [1.807, 2.05) is 0 Å². The Kier molecular flexibility index (Phi) is 4.58. The summed E-state index contributed by atoms with van der Waals surface area (Å²) in [7, 11) is 0. The Morgan fingerprint density at radius 1 is 1.65 bits per heavy atom. The maximum atomic E-state index is 11.0. The molecule has 1 rings (SSSR count). The molecule has 17 heavy (non-hydrogen) atoms. The molecule has 5 N–H and O–H groups in total. The summed E-state index contributed by atoms with van der Waals surface area (Å²) in [6.45, 7) is 1.74. The fraction of sp³-hybridized carbons (Fsp3) is 0.222. The van der Waals surface area contributed by atoms with Gasteiger partial charge in [-0.2, -0.15) is 0 Å². The molecule has 1 aliphatic carbocycles. The molecule has 2 unspecified atom stereocenters. The second-order valence-electron chi connectivity index (χ2n) is 3.19. The zero-order chi connectivity index (χ0) is 13.0. The lowest BCUT2D eigenvalue weighted by Crippen LogP contribution is -2.44. The lowest BCUT2D eigenvalue weighted by Gasteiger charge is -2.27. The average molecular weight is 258 g/mol. The monoisotopic (exact) mass is 258 g/mol. The van der Waals surface area contributed by atoms with Crippen LogP contribution in [0.15, 0.2) is 35.1 Å². The van der Waals surface area contributed by atoms with Crippen molar-refractivity contribution in [3.8, 4) is 0 Å². The summed E-state index contributed by atoms with van der Waals surface area (Å²) in [4.78, 5) is 11.0. The van der Waals surface area contributed by atoms with E-state index in [9.17, 15) is 13.6 Å². The van der Waals surface area contributed by atoms with Gasteiger partial charge in [0.2, 0.25) is 0 Å². The maximum absolute atomic E-state index is 11.0. The zero-order valence-corrected chi connectivity index (χ0v) is 9.78. The van der Waals surface area contributed by atoms with Gasteiger partial charge in [0.25, 0.3) is 0 Å². The first kappa shape index (κ1) is 13.6. The molecule has 94 valence electrons. The number of nitrogens with one attached hydrogen (secondary N) is 2. The van der Waals surface area contributed by atoms with Gasteiger partial charge in [-0.15, -0.1) is 0 Å². The molecule has 0 bridgehead atoms. The quantitative estimate of drug-likeness (QED) is 0.292. The number of nitrogens with two attached hydrogens (primary N) is 1. The largest absolute Gasteiger partial charge is 0.755 e. The molecule has 0 saturated heterocycles. The Balaban J connectivity index is 3.26. The Hall–Kier alpha value is -1.48. The number of carboxylic acids is 1. The van der Waals surface area contributed by atoms with Gasteiger partial charge in [0.1, 0.15) is 0 Å². The number of rotatable bonds is 4. The molecule has 7 nitrogen and oxygen atoms in total. The van der Waals surface area contributed by atoms with Crippen LogP contribution in [-0.2, 0) is 16.1 Å². The van der Waals surface area contributed by atoms with Gasteiger partial charge in [-0.05, 0) is 18.6 Å². The van der Waals surface area contributed by atoms with Crippen molar-refractivity contribution < 1.29 is 18.7 Å². The van der Waals surface area contributed by atoms with Crippen LogP contribution in [0.1, 0.15) is 6.92 Å². The molecule has 0 radical (unpaired) electrons. The molecule has 0 amide bonds.